The number of ether oxygens (including phenoxy) is 2. The quantitative estimate of drug-likeness (QED) is 0.132. The number of unbranched alkanes of at least 4 members (excludes halogenated alkanes) is 1. The maximum atomic E-state index is 14.7. The average Bonchev–Trinajstić information content (AvgIpc) is 3.67. The Kier molecular flexibility index (Phi) is 12.8. The standard InChI is InChI=1S/C36H50BrN3O7/c1-6-10-17-28(42)46-22-26(24-15-13-12-14-16-24)38-33(43)29-30-34(44)40(27(21-41)23(5)9-4)32(36(30)20-25(37)31(29)47-36)35(45)39(18-8-3)19-11-7-2/h6,8,12-16,23,25-27,29-32,41H,1,3,7,9-11,17-22H2,2,4-5H3,(H,38,43)/t23-,25?,26+,27-,29+,30-,31+,32+,36-/m0/s1. The van der Waals surface area contributed by atoms with Crippen LogP contribution in [0.15, 0.2) is 55.6 Å². The lowest BCUT2D eigenvalue weighted by molar-refractivity contribution is -0.152. The second-order valence-electron chi connectivity index (χ2n) is 13.0. The van der Waals surface area contributed by atoms with Crippen LogP contribution in [-0.4, -0.2) is 93.5 Å². The van der Waals surface area contributed by atoms with Crippen molar-refractivity contribution >= 4 is 39.6 Å². The Hall–Kier alpha value is -3.02. The van der Waals surface area contributed by atoms with Crippen LogP contribution in [0.3, 0.4) is 0 Å². The first-order chi connectivity index (χ1) is 22.6. The number of likely N-dealkylation sites (tertiary alicyclic amines) is 1. The minimum absolute atomic E-state index is 0.0900. The third kappa shape index (κ3) is 7.37. The molecular formula is C36H50BrN3O7. The topological polar surface area (TPSA) is 125 Å². The summed E-state index contributed by atoms with van der Waals surface area (Å²) in [7, 11) is 0. The van der Waals surface area contributed by atoms with Gasteiger partial charge in [-0.25, -0.2) is 0 Å². The fourth-order valence-electron chi connectivity index (χ4n) is 7.43. The summed E-state index contributed by atoms with van der Waals surface area (Å²) in [6.07, 6.45) is 6.01. The lowest BCUT2D eigenvalue weighted by Crippen LogP contribution is -2.60. The summed E-state index contributed by atoms with van der Waals surface area (Å²) in [6.45, 7) is 13.9. The van der Waals surface area contributed by atoms with E-state index in [1.807, 2.05) is 51.1 Å². The summed E-state index contributed by atoms with van der Waals surface area (Å²) in [5, 5.41) is 13.7. The van der Waals surface area contributed by atoms with Crippen molar-refractivity contribution in [1.82, 2.24) is 15.1 Å². The van der Waals surface area contributed by atoms with Gasteiger partial charge in [-0.1, -0.05) is 92.0 Å². The van der Waals surface area contributed by atoms with E-state index in [1.54, 1.807) is 22.0 Å². The molecule has 3 aliphatic heterocycles. The highest BCUT2D eigenvalue weighted by Crippen LogP contribution is 2.60. The summed E-state index contributed by atoms with van der Waals surface area (Å²) in [5.41, 5.74) is -0.520. The predicted octanol–water partition coefficient (Wildman–Crippen LogP) is 4.32. The Morgan fingerprint density at radius 1 is 1.23 bits per heavy atom. The SMILES string of the molecule is C=CCCC(=O)OC[C@@H](NC(=O)[C@H]1[C@@H]2O[C@@]3(CC2Br)[C@@H]1C(=O)N([C@@H](CO)[C@@H](C)CC)[C@@H]3C(=O)N(CC=C)CCCC)c1ccccc1. The van der Waals surface area contributed by atoms with Gasteiger partial charge < -0.3 is 29.7 Å². The largest absolute Gasteiger partial charge is 0.463 e. The Morgan fingerprint density at radius 3 is 2.57 bits per heavy atom. The molecule has 1 aromatic rings. The molecule has 0 radical (unpaired) electrons. The van der Waals surface area contributed by atoms with Crippen LogP contribution in [0.5, 0.6) is 0 Å². The van der Waals surface area contributed by atoms with Crippen LogP contribution >= 0.6 is 15.9 Å². The number of alkyl halides is 1. The summed E-state index contributed by atoms with van der Waals surface area (Å²) in [6, 6.07) is 6.89. The molecule has 1 aromatic carbocycles. The molecule has 1 unspecified atom stereocenters. The number of nitrogens with zero attached hydrogens (tertiary/aromatic N) is 2. The molecule has 2 bridgehead atoms. The zero-order chi connectivity index (χ0) is 34.3. The molecule has 0 aromatic heterocycles. The van der Waals surface area contributed by atoms with Crippen molar-refractivity contribution in [1.29, 1.82) is 0 Å². The van der Waals surface area contributed by atoms with E-state index in [4.69, 9.17) is 9.47 Å². The monoisotopic (exact) mass is 715 g/mol. The highest BCUT2D eigenvalue weighted by molar-refractivity contribution is 9.09. The van der Waals surface area contributed by atoms with Gasteiger partial charge >= 0.3 is 5.97 Å². The maximum Gasteiger partial charge on any atom is 0.306 e. The zero-order valence-electron chi connectivity index (χ0n) is 27.8. The number of carbonyl (C=O) groups excluding carboxylic acids is 4. The first-order valence-corrected chi connectivity index (χ1v) is 17.8. The summed E-state index contributed by atoms with van der Waals surface area (Å²) in [5.74, 6) is -3.39. The van der Waals surface area contributed by atoms with Crippen molar-refractivity contribution in [3.8, 4) is 0 Å². The number of esters is 1. The van der Waals surface area contributed by atoms with Gasteiger partial charge in [-0.2, -0.15) is 0 Å². The third-order valence-electron chi connectivity index (χ3n) is 10.0. The van der Waals surface area contributed by atoms with Crippen LogP contribution in [0.4, 0.5) is 0 Å². The highest BCUT2D eigenvalue weighted by atomic mass is 79.9. The van der Waals surface area contributed by atoms with Crippen LogP contribution in [0.25, 0.3) is 0 Å². The number of halogens is 1. The summed E-state index contributed by atoms with van der Waals surface area (Å²) < 4.78 is 12.3. The van der Waals surface area contributed by atoms with Gasteiger partial charge in [0.2, 0.25) is 17.7 Å². The molecule has 2 N–H and O–H groups in total. The molecule has 47 heavy (non-hydrogen) atoms. The Balaban J connectivity index is 1.72. The number of hydrogen-bond acceptors (Lipinski definition) is 7. The molecule has 4 rings (SSSR count). The van der Waals surface area contributed by atoms with Crippen LogP contribution < -0.4 is 5.32 Å². The van der Waals surface area contributed by atoms with Crippen molar-refractivity contribution in [3.63, 3.8) is 0 Å². The van der Waals surface area contributed by atoms with Crippen molar-refractivity contribution in [2.24, 2.45) is 17.8 Å². The number of amides is 3. The Labute approximate surface area is 287 Å². The van der Waals surface area contributed by atoms with Crippen LogP contribution in [0, 0.1) is 17.8 Å². The van der Waals surface area contributed by atoms with Crippen molar-refractivity contribution in [3.05, 3.63) is 61.2 Å². The van der Waals surface area contributed by atoms with Crippen molar-refractivity contribution < 1.29 is 33.8 Å². The van der Waals surface area contributed by atoms with Crippen LogP contribution in [0.1, 0.15) is 70.9 Å². The van der Waals surface area contributed by atoms with Gasteiger partial charge in [-0.3, -0.25) is 19.2 Å². The minimum atomic E-state index is -1.26. The average molecular weight is 717 g/mol. The second kappa shape index (κ2) is 16.4. The van der Waals surface area contributed by atoms with Gasteiger partial charge in [0.1, 0.15) is 18.2 Å². The molecule has 0 saturated carbocycles. The second-order valence-corrected chi connectivity index (χ2v) is 14.1. The number of benzene rings is 1. The molecule has 258 valence electrons. The minimum Gasteiger partial charge on any atom is -0.463 e. The van der Waals surface area contributed by atoms with Gasteiger partial charge in [-0.05, 0) is 30.7 Å². The van der Waals surface area contributed by atoms with E-state index < -0.39 is 53.5 Å². The molecule has 3 aliphatic rings. The van der Waals surface area contributed by atoms with E-state index in [-0.39, 0.29) is 42.2 Å². The number of rotatable bonds is 18. The lowest BCUT2D eigenvalue weighted by Gasteiger charge is -2.41. The maximum absolute atomic E-state index is 14.7. The third-order valence-corrected chi connectivity index (χ3v) is 10.9. The molecular weight excluding hydrogens is 666 g/mol. The molecule has 9 atom stereocenters. The van der Waals surface area contributed by atoms with E-state index in [1.165, 1.54) is 0 Å². The molecule has 1 spiro atoms. The first kappa shape index (κ1) is 36.8. The lowest BCUT2D eigenvalue weighted by atomic mass is 9.70. The van der Waals surface area contributed by atoms with Crippen molar-refractivity contribution in [2.45, 2.75) is 94.0 Å². The number of fused-ring (bicyclic) bond motifs is 1. The number of allylic oxidation sites excluding steroid dienone is 1. The summed E-state index contributed by atoms with van der Waals surface area (Å²) in [4.78, 5) is 58.9. The van der Waals surface area contributed by atoms with E-state index >= 15 is 0 Å². The number of aliphatic hydroxyl groups excluding tert-OH is 1. The van der Waals surface area contributed by atoms with Gasteiger partial charge in [-0.15, -0.1) is 13.2 Å². The number of carbonyl (C=O) groups is 4. The summed E-state index contributed by atoms with van der Waals surface area (Å²) >= 11 is 3.74. The van der Waals surface area contributed by atoms with E-state index in [2.05, 4.69) is 34.4 Å². The molecule has 10 nitrogen and oxygen atoms in total. The van der Waals surface area contributed by atoms with Gasteiger partial charge in [0, 0.05) is 24.3 Å². The smallest absolute Gasteiger partial charge is 0.306 e. The van der Waals surface area contributed by atoms with Gasteiger partial charge in [0.25, 0.3) is 0 Å². The Morgan fingerprint density at radius 2 is 1.96 bits per heavy atom. The molecule has 3 amide bonds. The molecule has 3 saturated heterocycles. The number of nitrogens with one attached hydrogen (secondary N) is 1. The van der Waals surface area contributed by atoms with E-state index in [0.29, 0.717) is 32.4 Å². The fourth-order valence-corrected chi connectivity index (χ4v) is 8.37. The predicted molar refractivity (Wildman–Crippen MR) is 182 cm³/mol. The van der Waals surface area contributed by atoms with Gasteiger partial charge in [0.15, 0.2) is 0 Å². The van der Waals surface area contributed by atoms with Gasteiger partial charge in [0.05, 0.1) is 36.6 Å². The molecule has 3 fully saturated rings. The molecule has 0 aliphatic carbocycles. The number of hydrogen-bond donors (Lipinski definition) is 2. The van der Waals surface area contributed by atoms with E-state index in [9.17, 15) is 24.3 Å². The molecule has 11 heteroatoms. The first-order valence-electron chi connectivity index (χ1n) is 16.9. The zero-order valence-corrected chi connectivity index (χ0v) is 29.4. The van der Waals surface area contributed by atoms with Crippen LogP contribution in [0.2, 0.25) is 0 Å². The normalized spacial score (nSPS) is 27.9. The highest BCUT2D eigenvalue weighted by Gasteiger charge is 2.77. The Bertz CT molecular complexity index is 1290. The fraction of sp³-hybridized carbons (Fsp3) is 0.611. The van der Waals surface area contributed by atoms with Crippen molar-refractivity contribution in [2.75, 3.05) is 26.3 Å². The van der Waals surface area contributed by atoms with Crippen LogP contribution in [-0.2, 0) is 28.7 Å². The molecule has 3 heterocycles. The number of aliphatic hydroxyl groups is 1. The van der Waals surface area contributed by atoms with E-state index in [0.717, 1.165) is 18.4 Å².